The van der Waals surface area contributed by atoms with Crippen molar-refractivity contribution in [2.45, 2.75) is 31.5 Å². The number of carbonyl (C=O) groups excluding carboxylic acids is 2. The zero-order chi connectivity index (χ0) is 23.6. The van der Waals surface area contributed by atoms with Crippen LogP contribution in [0.5, 0.6) is 0 Å². The number of nitrogens with two attached hydrogens (primary N) is 1. The van der Waals surface area contributed by atoms with Gasteiger partial charge in [-0.1, -0.05) is 6.07 Å². The van der Waals surface area contributed by atoms with Gasteiger partial charge in [0.15, 0.2) is 0 Å². The molecule has 0 radical (unpaired) electrons. The third-order valence-electron chi connectivity index (χ3n) is 6.59. The van der Waals surface area contributed by atoms with Crippen molar-refractivity contribution in [3.8, 4) is 0 Å². The number of hydrogen-bond donors (Lipinski definition) is 2. The van der Waals surface area contributed by atoms with Gasteiger partial charge in [-0.25, -0.2) is 19.3 Å². The fraction of sp³-hybridized carbons (Fsp3) is 0.261. The smallest absolute Gasteiger partial charge is 0.248 e. The van der Waals surface area contributed by atoms with E-state index in [9.17, 15) is 14.0 Å². The van der Waals surface area contributed by atoms with Crippen LogP contribution in [0.1, 0.15) is 12.8 Å². The predicted molar refractivity (Wildman–Crippen MR) is 127 cm³/mol. The molecule has 4 heterocycles. The molecule has 1 aliphatic heterocycles. The Morgan fingerprint density at radius 1 is 1.21 bits per heavy atom. The molecule has 1 unspecified atom stereocenters. The summed E-state index contributed by atoms with van der Waals surface area (Å²) in [6.07, 6.45) is 2.82. The first-order valence-electron chi connectivity index (χ1n) is 10.8. The Balaban J connectivity index is 1.32. The number of aromatic nitrogens is 4. The molecule has 1 aliphatic carbocycles. The Morgan fingerprint density at radius 2 is 2.06 bits per heavy atom. The first kappa shape index (κ1) is 21.0. The van der Waals surface area contributed by atoms with Gasteiger partial charge < -0.3 is 20.5 Å². The summed E-state index contributed by atoms with van der Waals surface area (Å²) in [4.78, 5) is 40.9. The van der Waals surface area contributed by atoms with Crippen LogP contribution in [0.3, 0.4) is 0 Å². The number of rotatable bonds is 4. The number of halogens is 2. The van der Waals surface area contributed by atoms with Crippen molar-refractivity contribution >= 4 is 61.3 Å². The lowest BCUT2D eigenvalue weighted by Gasteiger charge is -2.27. The van der Waals surface area contributed by atoms with Crippen LogP contribution in [0.25, 0.3) is 21.9 Å². The number of fused-ring (bicyclic) bond motifs is 4. The highest BCUT2D eigenvalue weighted by molar-refractivity contribution is 9.10. The molecule has 1 aromatic carbocycles. The zero-order valence-electron chi connectivity index (χ0n) is 17.8. The molecular formula is C23H19BrFN7O2. The summed E-state index contributed by atoms with van der Waals surface area (Å²) in [7, 11) is 0. The number of nitrogens with zero attached hydrogens (tertiary/aromatic N) is 5. The number of carbonyl (C=O) groups is 2. The van der Waals surface area contributed by atoms with Gasteiger partial charge in [0.25, 0.3) is 0 Å². The summed E-state index contributed by atoms with van der Waals surface area (Å²) in [5, 5.41) is 3.87. The van der Waals surface area contributed by atoms with Crippen LogP contribution in [0.4, 0.5) is 16.0 Å². The van der Waals surface area contributed by atoms with Gasteiger partial charge in [0, 0.05) is 11.4 Å². The number of anilines is 2. The largest absolute Gasteiger partial charge is 0.383 e. The van der Waals surface area contributed by atoms with Crippen LogP contribution in [-0.2, 0) is 16.1 Å². The van der Waals surface area contributed by atoms with Crippen LogP contribution in [0.2, 0.25) is 0 Å². The molecule has 4 aromatic rings. The van der Waals surface area contributed by atoms with Gasteiger partial charge in [-0.15, -0.1) is 0 Å². The van der Waals surface area contributed by atoms with Crippen molar-refractivity contribution in [2.24, 2.45) is 5.92 Å². The summed E-state index contributed by atoms with van der Waals surface area (Å²) < 4.78 is 16.3. The van der Waals surface area contributed by atoms with Gasteiger partial charge in [-0.3, -0.25) is 9.59 Å². The number of amides is 2. The molecule has 3 atom stereocenters. The van der Waals surface area contributed by atoms with Gasteiger partial charge in [0.1, 0.15) is 46.6 Å². The molecule has 2 aliphatic rings. The van der Waals surface area contributed by atoms with Crippen molar-refractivity contribution in [3.63, 3.8) is 0 Å². The molecule has 0 bridgehead atoms. The minimum atomic E-state index is -0.581. The van der Waals surface area contributed by atoms with E-state index in [-0.39, 0.29) is 30.2 Å². The molecule has 11 heteroatoms. The topological polar surface area (TPSA) is 119 Å². The predicted octanol–water partition coefficient (Wildman–Crippen LogP) is 3.09. The Kier molecular flexibility index (Phi) is 4.76. The van der Waals surface area contributed by atoms with E-state index in [4.69, 9.17) is 5.73 Å². The number of nitrogen functional groups attached to an aromatic ring is 1. The molecule has 9 nitrogen and oxygen atoms in total. The first-order chi connectivity index (χ1) is 16.4. The highest BCUT2D eigenvalue weighted by Crippen LogP contribution is 2.48. The first-order valence-corrected chi connectivity index (χ1v) is 11.6. The van der Waals surface area contributed by atoms with E-state index < -0.39 is 11.9 Å². The van der Waals surface area contributed by atoms with Crippen LogP contribution >= 0.6 is 15.9 Å². The van der Waals surface area contributed by atoms with Gasteiger partial charge in [-0.05, 0) is 65.0 Å². The Labute approximate surface area is 201 Å². The molecule has 1 saturated heterocycles. The highest BCUT2D eigenvalue weighted by Gasteiger charge is 2.56. The number of likely N-dealkylation sites (tertiary alicyclic amines) is 1. The Hall–Kier alpha value is -3.60. The molecule has 3 N–H and O–H groups in total. The van der Waals surface area contributed by atoms with Crippen molar-refractivity contribution in [1.82, 2.24) is 24.4 Å². The summed E-state index contributed by atoms with van der Waals surface area (Å²) in [5.74, 6) is 0.0763. The van der Waals surface area contributed by atoms with Gasteiger partial charge in [0.05, 0.1) is 10.9 Å². The average molecular weight is 524 g/mol. The second kappa shape index (κ2) is 7.73. The van der Waals surface area contributed by atoms with Crippen molar-refractivity contribution in [1.29, 1.82) is 0 Å². The minimum Gasteiger partial charge on any atom is -0.383 e. The third kappa shape index (κ3) is 3.38. The molecule has 172 valence electrons. The third-order valence-corrected chi connectivity index (χ3v) is 7.03. The second-order valence-corrected chi connectivity index (χ2v) is 9.47. The number of hydrogen-bond acceptors (Lipinski definition) is 6. The molecule has 1 saturated carbocycles. The highest BCUT2D eigenvalue weighted by atomic mass is 79.9. The standard InChI is InChI=1S/C23H19BrFN7O2/c24-17-2-1-3-18(29-17)30-23(34)16-7-11-6-15(11)32(16)19(33)9-31-14-5-4-12(25)8-13(14)20-21(26)27-10-28-22(20)31/h1-5,8,10-11,15-16H,6-7,9H2,(H2,26,27,28)(H,29,30,34)/t11?,15-,16+/m1/s1. The maximum absolute atomic E-state index is 14.0. The van der Waals surface area contributed by atoms with E-state index in [0.717, 1.165) is 6.42 Å². The maximum Gasteiger partial charge on any atom is 0.248 e. The van der Waals surface area contributed by atoms with Crippen molar-refractivity contribution in [3.05, 3.63) is 53.1 Å². The van der Waals surface area contributed by atoms with E-state index >= 15 is 0 Å². The van der Waals surface area contributed by atoms with Gasteiger partial charge in [0.2, 0.25) is 11.8 Å². The number of pyridine rings is 1. The number of piperidine rings is 1. The lowest BCUT2D eigenvalue weighted by molar-refractivity contribution is -0.138. The van der Waals surface area contributed by atoms with E-state index in [1.54, 1.807) is 33.7 Å². The summed E-state index contributed by atoms with van der Waals surface area (Å²) in [6, 6.07) is 9.01. The van der Waals surface area contributed by atoms with E-state index in [1.165, 1.54) is 18.5 Å². The molecular weight excluding hydrogens is 505 g/mol. The van der Waals surface area contributed by atoms with Crippen LogP contribution in [0, 0.1) is 11.7 Å². The summed E-state index contributed by atoms with van der Waals surface area (Å²) in [5.41, 5.74) is 7.15. The summed E-state index contributed by atoms with van der Waals surface area (Å²) >= 11 is 3.30. The molecule has 6 rings (SSSR count). The van der Waals surface area contributed by atoms with Crippen LogP contribution in [-0.4, -0.2) is 48.3 Å². The quantitative estimate of drug-likeness (QED) is 0.396. The summed E-state index contributed by atoms with van der Waals surface area (Å²) in [6.45, 7) is -0.0514. The molecule has 34 heavy (non-hydrogen) atoms. The minimum absolute atomic E-state index is 0.0453. The monoisotopic (exact) mass is 523 g/mol. The molecule has 2 fully saturated rings. The van der Waals surface area contributed by atoms with E-state index in [0.29, 0.717) is 44.7 Å². The second-order valence-electron chi connectivity index (χ2n) is 8.66. The Morgan fingerprint density at radius 3 is 2.88 bits per heavy atom. The SMILES string of the molecule is Nc1ncnc2c1c1cc(F)ccc1n2CC(=O)N1[C@@H]2CC2C[C@H]1C(=O)Nc1cccc(Br)n1. The van der Waals surface area contributed by atoms with Crippen molar-refractivity contribution < 1.29 is 14.0 Å². The maximum atomic E-state index is 14.0. The number of nitrogens with one attached hydrogen (secondary N) is 1. The van der Waals surface area contributed by atoms with Crippen molar-refractivity contribution in [2.75, 3.05) is 11.1 Å². The molecule has 2 amide bonds. The van der Waals surface area contributed by atoms with Crippen LogP contribution in [0.15, 0.2) is 47.3 Å². The Bertz CT molecular complexity index is 1490. The van der Waals surface area contributed by atoms with Gasteiger partial charge >= 0.3 is 0 Å². The fourth-order valence-electron chi connectivity index (χ4n) is 5.02. The van der Waals surface area contributed by atoms with Crippen LogP contribution < -0.4 is 11.1 Å². The average Bonchev–Trinajstić information content (AvgIpc) is 3.35. The normalized spacial score (nSPS) is 21.1. The van der Waals surface area contributed by atoms with E-state index in [2.05, 4.69) is 36.2 Å². The zero-order valence-corrected chi connectivity index (χ0v) is 19.4. The molecule has 3 aromatic heterocycles. The number of benzene rings is 1. The lowest BCUT2D eigenvalue weighted by Crippen LogP contribution is -2.46. The van der Waals surface area contributed by atoms with E-state index in [1.807, 2.05) is 0 Å². The van der Waals surface area contributed by atoms with Gasteiger partial charge in [-0.2, -0.15) is 0 Å². The molecule has 0 spiro atoms. The fourth-order valence-corrected chi connectivity index (χ4v) is 5.37. The lowest BCUT2D eigenvalue weighted by atomic mass is 10.1.